The second-order valence-electron chi connectivity index (χ2n) is 5.40. The van der Waals surface area contributed by atoms with Crippen LogP contribution in [0.2, 0.25) is 0 Å². The van der Waals surface area contributed by atoms with Crippen LogP contribution in [0, 0.1) is 10.8 Å². The fourth-order valence-corrected chi connectivity index (χ4v) is 2.46. The van der Waals surface area contributed by atoms with Crippen LogP contribution in [-0.2, 0) is 4.79 Å². The number of nitrogens with zero attached hydrogens (tertiary/aromatic N) is 1. The molecule has 0 saturated carbocycles. The van der Waals surface area contributed by atoms with Gasteiger partial charge >= 0.3 is 0 Å². The molecule has 1 saturated heterocycles. The minimum absolute atomic E-state index is 0.169. The van der Waals surface area contributed by atoms with E-state index in [4.69, 9.17) is 0 Å². The van der Waals surface area contributed by atoms with Crippen LogP contribution >= 0.6 is 0 Å². The van der Waals surface area contributed by atoms with E-state index in [0.717, 1.165) is 19.6 Å². The summed E-state index contributed by atoms with van der Waals surface area (Å²) < 4.78 is 0. The lowest BCUT2D eigenvalue weighted by Crippen LogP contribution is -2.55. The van der Waals surface area contributed by atoms with Gasteiger partial charge in [0.1, 0.15) is 5.78 Å². The van der Waals surface area contributed by atoms with Gasteiger partial charge in [-0.2, -0.15) is 0 Å². The molecule has 0 aromatic rings. The molecule has 0 aromatic carbocycles. The predicted molar refractivity (Wildman–Crippen MR) is 54.7 cm³/mol. The van der Waals surface area contributed by atoms with Crippen molar-refractivity contribution in [3.8, 4) is 0 Å². The Morgan fingerprint density at radius 1 is 1.15 bits per heavy atom. The maximum Gasteiger partial charge on any atom is 0.146 e. The minimum atomic E-state index is -0.169. The van der Waals surface area contributed by atoms with Crippen molar-refractivity contribution >= 4 is 5.78 Å². The van der Waals surface area contributed by atoms with Crippen molar-refractivity contribution in [1.29, 1.82) is 0 Å². The van der Waals surface area contributed by atoms with Crippen molar-refractivity contribution < 1.29 is 4.79 Å². The van der Waals surface area contributed by atoms with Crippen LogP contribution in [0.1, 0.15) is 34.6 Å². The number of hydrogen-bond donors (Lipinski definition) is 0. The highest BCUT2D eigenvalue weighted by atomic mass is 16.1. The van der Waals surface area contributed by atoms with Crippen molar-refractivity contribution in [2.45, 2.75) is 34.6 Å². The number of carbonyl (C=O) groups is 1. The Labute approximate surface area is 81.3 Å². The molecule has 1 heterocycles. The topological polar surface area (TPSA) is 20.3 Å². The summed E-state index contributed by atoms with van der Waals surface area (Å²) in [6, 6.07) is 0. The van der Waals surface area contributed by atoms with Crippen molar-refractivity contribution in [2.75, 3.05) is 19.6 Å². The Morgan fingerprint density at radius 2 is 1.54 bits per heavy atom. The first-order chi connectivity index (χ1) is 5.79. The lowest BCUT2D eigenvalue weighted by atomic mass is 9.70. The van der Waals surface area contributed by atoms with Crippen molar-refractivity contribution in [3.05, 3.63) is 0 Å². The molecule has 0 radical (unpaired) electrons. The van der Waals surface area contributed by atoms with Gasteiger partial charge in [0, 0.05) is 23.9 Å². The highest BCUT2D eigenvalue weighted by molar-refractivity contribution is 5.90. The van der Waals surface area contributed by atoms with Crippen molar-refractivity contribution in [2.24, 2.45) is 10.8 Å². The molecular weight excluding hydrogens is 162 g/mol. The van der Waals surface area contributed by atoms with E-state index in [-0.39, 0.29) is 10.8 Å². The number of hydrogen-bond acceptors (Lipinski definition) is 2. The van der Waals surface area contributed by atoms with E-state index >= 15 is 0 Å². The monoisotopic (exact) mass is 183 g/mol. The third-order valence-corrected chi connectivity index (χ3v) is 2.91. The van der Waals surface area contributed by atoms with Gasteiger partial charge in [-0.15, -0.1) is 0 Å². The van der Waals surface area contributed by atoms with E-state index in [9.17, 15) is 4.79 Å². The molecule has 0 spiro atoms. The summed E-state index contributed by atoms with van der Waals surface area (Å²) in [6.45, 7) is 13.2. The maximum absolute atomic E-state index is 12.0. The molecular formula is C11H21NO. The average molecular weight is 183 g/mol. The third kappa shape index (κ3) is 1.93. The summed E-state index contributed by atoms with van der Waals surface area (Å²) in [5, 5.41) is 0. The first-order valence-electron chi connectivity index (χ1n) is 5.07. The molecule has 0 amide bonds. The molecule has 0 N–H and O–H groups in total. The van der Waals surface area contributed by atoms with Gasteiger partial charge in [-0.05, 0) is 6.54 Å². The predicted octanol–water partition coefficient (Wildman–Crippen LogP) is 1.94. The minimum Gasteiger partial charge on any atom is -0.302 e. The van der Waals surface area contributed by atoms with Gasteiger partial charge in [0.25, 0.3) is 0 Å². The maximum atomic E-state index is 12.0. The molecule has 2 heteroatoms. The Morgan fingerprint density at radius 3 is 1.85 bits per heavy atom. The summed E-state index contributed by atoms with van der Waals surface area (Å²) in [4.78, 5) is 14.4. The van der Waals surface area contributed by atoms with Gasteiger partial charge in [-0.1, -0.05) is 34.6 Å². The first kappa shape index (κ1) is 10.7. The number of piperidine rings is 1. The van der Waals surface area contributed by atoms with Crippen LogP contribution < -0.4 is 0 Å². The molecule has 1 fully saturated rings. The van der Waals surface area contributed by atoms with Crippen LogP contribution in [0.4, 0.5) is 0 Å². The molecule has 2 nitrogen and oxygen atoms in total. The molecule has 1 rings (SSSR count). The average Bonchev–Trinajstić information content (AvgIpc) is 1.99. The van der Waals surface area contributed by atoms with Crippen LogP contribution in [0.5, 0.6) is 0 Å². The zero-order valence-electron chi connectivity index (χ0n) is 9.48. The molecule has 1 aliphatic heterocycles. The zero-order chi connectivity index (χ0) is 10.3. The number of rotatable bonds is 1. The normalized spacial score (nSPS) is 27.6. The second-order valence-corrected chi connectivity index (χ2v) is 5.40. The molecule has 0 unspecified atom stereocenters. The summed E-state index contributed by atoms with van der Waals surface area (Å²) in [7, 11) is 0. The second kappa shape index (κ2) is 3.09. The standard InChI is InChI=1S/C11H21NO/c1-6-12-7-10(2,3)9(13)11(4,5)8-12/h6-8H2,1-5H3. The van der Waals surface area contributed by atoms with Gasteiger partial charge in [-0.25, -0.2) is 0 Å². The molecule has 0 aliphatic carbocycles. The van der Waals surface area contributed by atoms with Crippen LogP contribution in [0.15, 0.2) is 0 Å². The van der Waals surface area contributed by atoms with E-state index in [0.29, 0.717) is 5.78 Å². The quantitative estimate of drug-likeness (QED) is 0.619. The van der Waals surface area contributed by atoms with Crippen LogP contribution in [0.25, 0.3) is 0 Å². The molecule has 0 aromatic heterocycles. The number of carbonyl (C=O) groups excluding carboxylic acids is 1. The number of likely N-dealkylation sites (tertiary alicyclic amines) is 1. The Balaban J connectivity index is 2.88. The van der Waals surface area contributed by atoms with Crippen molar-refractivity contribution in [1.82, 2.24) is 4.90 Å². The summed E-state index contributed by atoms with van der Waals surface area (Å²) in [5.74, 6) is 0.407. The van der Waals surface area contributed by atoms with Gasteiger partial charge in [0.15, 0.2) is 0 Å². The van der Waals surface area contributed by atoms with E-state index in [2.05, 4.69) is 39.5 Å². The molecule has 0 bridgehead atoms. The Bertz CT molecular complexity index is 198. The van der Waals surface area contributed by atoms with Gasteiger partial charge in [0.05, 0.1) is 0 Å². The highest BCUT2D eigenvalue weighted by Gasteiger charge is 2.44. The molecule has 13 heavy (non-hydrogen) atoms. The highest BCUT2D eigenvalue weighted by Crippen LogP contribution is 2.35. The largest absolute Gasteiger partial charge is 0.302 e. The fourth-order valence-electron chi connectivity index (χ4n) is 2.46. The van der Waals surface area contributed by atoms with Crippen molar-refractivity contribution in [3.63, 3.8) is 0 Å². The van der Waals surface area contributed by atoms with E-state index in [1.807, 2.05) is 0 Å². The summed E-state index contributed by atoms with van der Waals surface area (Å²) >= 11 is 0. The summed E-state index contributed by atoms with van der Waals surface area (Å²) in [5.41, 5.74) is -0.338. The van der Waals surface area contributed by atoms with Gasteiger partial charge in [0.2, 0.25) is 0 Å². The molecule has 1 aliphatic rings. The summed E-state index contributed by atoms with van der Waals surface area (Å²) in [6.07, 6.45) is 0. The molecule has 0 atom stereocenters. The zero-order valence-corrected chi connectivity index (χ0v) is 9.48. The van der Waals surface area contributed by atoms with Crippen LogP contribution in [-0.4, -0.2) is 30.3 Å². The number of Topliss-reactive ketones (excluding diaryl/α,β-unsaturated/α-hetero) is 1. The fraction of sp³-hybridized carbons (Fsp3) is 0.909. The van der Waals surface area contributed by atoms with E-state index in [1.165, 1.54) is 0 Å². The number of ketones is 1. The molecule has 76 valence electrons. The van der Waals surface area contributed by atoms with Gasteiger partial charge < -0.3 is 4.90 Å². The lowest BCUT2D eigenvalue weighted by molar-refractivity contribution is -0.143. The SMILES string of the molecule is CCN1CC(C)(C)C(=O)C(C)(C)C1. The van der Waals surface area contributed by atoms with Gasteiger partial charge in [-0.3, -0.25) is 4.79 Å². The third-order valence-electron chi connectivity index (χ3n) is 2.91. The van der Waals surface area contributed by atoms with E-state index < -0.39 is 0 Å². The first-order valence-corrected chi connectivity index (χ1v) is 5.07. The lowest BCUT2D eigenvalue weighted by Gasteiger charge is -2.45. The smallest absolute Gasteiger partial charge is 0.146 e. The Kier molecular flexibility index (Phi) is 2.54. The van der Waals surface area contributed by atoms with E-state index in [1.54, 1.807) is 0 Å². The Hall–Kier alpha value is -0.370. The van der Waals surface area contributed by atoms with Crippen LogP contribution in [0.3, 0.4) is 0 Å².